The number of carbonyl (C=O) groups excluding carboxylic acids is 2. The number of hydrogen-bond donors (Lipinski definition) is 1. The van der Waals surface area contributed by atoms with Crippen LogP contribution in [0.1, 0.15) is 50.2 Å². The molecular formula is C17H17NO2S. The predicted octanol–water partition coefficient (Wildman–Crippen LogP) is 4.08. The van der Waals surface area contributed by atoms with E-state index in [4.69, 9.17) is 0 Å². The topological polar surface area (TPSA) is 46.2 Å². The van der Waals surface area contributed by atoms with Gasteiger partial charge in [-0.05, 0) is 56.4 Å². The summed E-state index contributed by atoms with van der Waals surface area (Å²) in [4.78, 5) is 25.8. The Bertz CT molecular complexity index is 679. The van der Waals surface area contributed by atoms with Crippen LogP contribution in [0.3, 0.4) is 0 Å². The average Bonchev–Trinajstić information content (AvgIpc) is 2.91. The lowest BCUT2D eigenvalue weighted by atomic mass is 9.99. The fourth-order valence-corrected chi connectivity index (χ4v) is 3.76. The zero-order chi connectivity index (χ0) is 14.8. The Kier molecular flexibility index (Phi) is 3.88. The van der Waals surface area contributed by atoms with Crippen molar-refractivity contribution in [3.8, 4) is 0 Å². The Morgan fingerprint density at radius 2 is 1.95 bits per heavy atom. The molecule has 1 N–H and O–H groups in total. The van der Waals surface area contributed by atoms with Gasteiger partial charge in [-0.3, -0.25) is 9.59 Å². The van der Waals surface area contributed by atoms with Crippen molar-refractivity contribution in [1.29, 1.82) is 0 Å². The molecule has 0 atom stereocenters. The van der Waals surface area contributed by atoms with Crippen molar-refractivity contribution in [1.82, 2.24) is 0 Å². The molecule has 1 aliphatic rings. The Morgan fingerprint density at radius 1 is 1.14 bits per heavy atom. The van der Waals surface area contributed by atoms with Crippen LogP contribution in [0.15, 0.2) is 30.3 Å². The molecule has 0 fully saturated rings. The lowest BCUT2D eigenvalue weighted by Gasteiger charge is -2.08. The molecule has 3 rings (SSSR count). The van der Waals surface area contributed by atoms with E-state index in [9.17, 15) is 9.59 Å². The summed E-state index contributed by atoms with van der Waals surface area (Å²) in [5.74, 6) is -0.0900. The molecule has 21 heavy (non-hydrogen) atoms. The number of carbonyl (C=O) groups is 2. The van der Waals surface area contributed by atoms with Gasteiger partial charge in [-0.2, -0.15) is 0 Å². The van der Waals surface area contributed by atoms with Gasteiger partial charge in [-0.25, -0.2) is 0 Å². The molecule has 108 valence electrons. The van der Waals surface area contributed by atoms with Gasteiger partial charge in [0, 0.05) is 16.1 Å². The number of hydrogen-bond acceptors (Lipinski definition) is 3. The lowest BCUT2D eigenvalue weighted by molar-refractivity contribution is 0.101. The smallest absolute Gasteiger partial charge is 0.265 e. The van der Waals surface area contributed by atoms with Crippen LogP contribution in [0.2, 0.25) is 0 Å². The van der Waals surface area contributed by atoms with E-state index >= 15 is 0 Å². The first-order valence-electron chi connectivity index (χ1n) is 7.17. The molecular weight excluding hydrogens is 282 g/mol. The van der Waals surface area contributed by atoms with Gasteiger partial charge < -0.3 is 5.32 Å². The minimum atomic E-state index is -0.0879. The van der Waals surface area contributed by atoms with Crippen LogP contribution in [0, 0.1) is 0 Å². The molecule has 0 saturated heterocycles. The maximum Gasteiger partial charge on any atom is 0.265 e. The number of ketones is 1. The van der Waals surface area contributed by atoms with Crippen LogP contribution in [0.5, 0.6) is 0 Å². The Balaban J connectivity index is 1.78. The number of amides is 1. The lowest BCUT2D eigenvalue weighted by Crippen LogP contribution is -2.10. The second-order valence-corrected chi connectivity index (χ2v) is 6.49. The van der Waals surface area contributed by atoms with E-state index in [1.54, 1.807) is 35.6 Å². The maximum atomic E-state index is 12.3. The highest BCUT2D eigenvalue weighted by atomic mass is 32.1. The number of benzene rings is 1. The summed E-state index contributed by atoms with van der Waals surface area (Å²) >= 11 is 1.59. The number of Topliss-reactive ketones (excluding diaryl/α,β-unsaturated/α-hetero) is 1. The normalized spacial score (nSPS) is 13.6. The predicted molar refractivity (Wildman–Crippen MR) is 85.4 cm³/mol. The Hall–Kier alpha value is -1.94. The SMILES string of the molecule is CC(=O)c1cccc(NC(=O)c2cc3c(s2)CCCC3)c1. The molecule has 0 unspecified atom stereocenters. The van der Waals surface area contributed by atoms with Gasteiger partial charge in [0.25, 0.3) is 5.91 Å². The number of aryl methyl sites for hydroxylation is 2. The molecule has 0 spiro atoms. The molecule has 2 aromatic rings. The first kappa shape index (κ1) is 14.0. The van der Waals surface area contributed by atoms with Crippen LogP contribution in [0.25, 0.3) is 0 Å². The van der Waals surface area contributed by atoms with Crippen LogP contribution in [0.4, 0.5) is 5.69 Å². The van der Waals surface area contributed by atoms with E-state index in [1.165, 1.54) is 30.2 Å². The van der Waals surface area contributed by atoms with Crippen molar-refractivity contribution in [3.05, 3.63) is 51.2 Å². The largest absolute Gasteiger partial charge is 0.321 e. The Labute approximate surface area is 128 Å². The zero-order valence-electron chi connectivity index (χ0n) is 11.9. The molecule has 0 radical (unpaired) electrons. The van der Waals surface area contributed by atoms with E-state index in [0.717, 1.165) is 17.7 Å². The molecule has 0 saturated carbocycles. The molecule has 1 aromatic carbocycles. The van der Waals surface area contributed by atoms with Gasteiger partial charge in [0.15, 0.2) is 5.78 Å². The fourth-order valence-electron chi connectivity index (χ4n) is 2.61. The molecule has 0 bridgehead atoms. The van der Waals surface area contributed by atoms with E-state index in [2.05, 4.69) is 5.32 Å². The van der Waals surface area contributed by atoms with E-state index in [0.29, 0.717) is 11.3 Å². The molecule has 1 heterocycles. The molecule has 1 amide bonds. The van der Waals surface area contributed by atoms with Crippen LogP contribution in [-0.2, 0) is 12.8 Å². The van der Waals surface area contributed by atoms with Crippen LogP contribution in [-0.4, -0.2) is 11.7 Å². The third kappa shape index (κ3) is 3.05. The summed E-state index contributed by atoms with van der Waals surface area (Å²) in [6, 6.07) is 9.07. The zero-order valence-corrected chi connectivity index (χ0v) is 12.8. The van der Waals surface area contributed by atoms with Crippen LogP contribution >= 0.6 is 11.3 Å². The van der Waals surface area contributed by atoms with E-state index in [-0.39, 0.29) is 11.7 Å². The second-order valence-electron chi connectivity index (χ2n) is 5.36. The summed E-state index contributed by atoms with van der Waals surface area (Å²) in [6.45, 7) is 1.52. The molecule has 1 aliphatic carbocycles. The third-order valence-corrected chi connectivity index (χ3v) is 4.98. The van der Waals surface area contributed by atoms with Gasteiger partial charge in [0.05, 0.1) is 4.88 Å². The minimum Gasteiger partial charge on any atom is -0.321 e. The van der Waals surface area contributed by atoms with Crippen molar-refractivity contribution in [2.75, 3.05) is 5.32 Å². The van der Waals surface area contributed by atoms with Crippen molar-refractivity contribution < 1.29 is 9.59 Å². The maximum absolute atomic E-state index is 12.3. The minimum absolute atomic E-state index is 0.00214. The van der Waals surface area contributed by atoms with Crippen LogP contribution < -0.4 is 5.32 Å². The van der Waals surface area contributed by atoms with Gasteiger partial charge in [-0.15, -0.1) is 11.3 Å². The van der Waals surface area contributed by atoms with E-state index < -0.39 is 0 Å². The van der Waals surface area contributed by atoms with Gasteiger partial charge in [-0.1, -0.05) is 12.1 Å². The number of anilines is 1. The van der Waals surface area contributed by atoms with Crippen molar-refractivity contribution in [2.24, 2.45) is 0 Å². The highest BCUT2D eigenvalue weighted by Gasteiger charge is 2.17. The van der Waals surface area contributed by atoms with Crippen molar-refractivity contribution >= 4 is 28.7 Å². The summed E-state index contributed by atoms with van der Waals surface area (Å²) in [5, 5.41) is 2.88. The standard InChI is InChI=1S/C17H17NO2S/c1-11(19)12-6-4-7-14(9-12)18-17(20)16-10-13-5-2-3-8-15(13)21-16/h4,6-7,9-10H,2-3,5,8H2,1H3,(H,18,20). The number of rotatable bonds is 3. The summed E-state index contributed by atoms with van der Waals surface area (Å²) in [5.41, 5.74) is 2.60. The summed E-state index contributed by atoms with van der Waals surface area (Å²) in [6.07, 6.45) is 4.60. The van der Waals surface area contributed by atoms with Crippen molar-refractivity contribution in [3.63, 3.8) is 0 Å². The molecule has 0 aliphatic heterocycles. The average molecular weight is 299 g/mol. The highest BCUT2D eigenvalue weighted by molar-refractivity contribution is 7.14. The first-order valence-corrected chi connectivity index (χ1v) is 7.99. The number of nitrogens with one attached hydrogen (secondary N) is 1. The van der Waals surface area contributed by atoms with Gasteiger partial charge in [0.1, 0.15) is 0 Å². The van der Waals surface area contributed by atoms with E-state index in [1.807, 2.05) is 6.07 Å². The molecule has 3 nitrogen and oxygen atoms in total. The summed E-state index contributed by atoms with van der Waals surface area (Å²) < 4.78 is 0. The third-order valence-electron chi connectivity index (χ3n) is 3.75. The highest BCUT2D eigenvalue weighted by Crippen LogP contribution is 2.30. The monoisotopic (exact) mass is 299 g/mol. The second kappa shape index (κ2) is 5.82. The Morgan fingerprint density at radius 3 is 2.71 bits per heavy atom. The van der Waals surface area contributed by atoms with Crippen molar-refractivity contribution in [2.45, 2.75) is 32.6 Å². The summed E-state index contributed by atoms with van der Waals surface area (Å²) in [7, 11) is 0. The fraction of sp³-hybridized carbons (Fsp3) is 0.294. The quantitative estimate of drug-likeness (QED) is 0.868. The molecule has 4 heteroatoms. The number of thiophene rings is 1. The van der Waals surface area contributed by atoms with Gasteiger partial charge in [0.2, 0.25) is 0 Å². The van der Waals surface area contributed by atoms with Gasteiger partial charge >= 0.3 is 0 Å². The molecule has 1 aromatic heterocycles. The number of fused-ring (bicyclic) bond motifs is 1. The first-order chi connectivity index (χ1) is 10.1.